The van der Waals surface area contributed by atoms with E-state index < -0.39 is 23.4 Å². The SMILES string of the molecule is CCOC(=O)C1(C(=O)OCC)NCCC1C#N. The number of esters is 2. The molecular weight excluding hydrogens is 224 g/mol. The monoisotopic (exact) mass is 240 g/mol. The number of carbonyl (C=O) groups is 2. The number of rotatable bonds is 4. The first-order valence-electron chi connectivity index (χ1n) is 5.62. The molecule has 1 atom stereocenters. The Balaban J connectivity index is 3.04. The van der Waals surface area contributed by atoms with Crippen molar-refractivity contribution in [2.45, 2.75) is 25.8 Å². The number of nitrogens with one attached hydrogen (secondary N) is 1. The molecule has 1 rings (SSSR count). The van der Waals surface area contributed by atoms with E-state index >= 15 is 0 Å². The first-order valence-corrected chi connectivity index (χ1v) is 5.62. The van der Waals surface area contributed by atoms with Crippen LogP contribution in [0.1, 0.15) is 20.3 Å². The van der Waals surface area contributed by atoms with Gasteiger partial charge in [-0.2, -0.15) is 5.26 Å². The molecule has 1 aliphatic rings. The van der Waals surface area contributed by atoms with Gasteiger partial charge >= 0.3 is 11.9 Å². The summed E-state index contributed by atoms with van der Waals surface area (Å²) < 4.78 is 9.75. The number of hydrogen-bond acceptors (Lipinski definition) is 6. The minimum Gasteiger partial charge on any atom is -0.464 e. The van der Waals surface area contributed by atoms with Gasteiger partial charge in [-0.15, -0.1) is 0 Å². The topological polar surface area (TPSA) is 88.4 Å². The fraction of sp³-hybridized carbons (Fsp3) is 0.727. The van der Waals surface area contributed by atoms with E-state index in [4.69, 9.17) is 14.7 Å². The Bertz CT molecular complexity index is 330. The van der Waals surface area contributed by atoms with Gasteiger partial charge in [-0.3, -0.25) is 5.32 Å². The molecule has 0 aromatic rings. The molecule has 0 aliphatic carbocycles. The Hall–Kier alpha value is -1.61. The van der Waals surface area contributed by atoms with Crippen LogP contribution in [-0.2, 0) is 19.1 Å². The molecule has 0 saturated carbocycles. The first-order chi connectivity index (χ1) is 8.13. The van der Waals surface area contributed by atoms with Crippen LogP contribution in [0.25, 0.3) is 0 Å². The fourth-order valence-electron chi connectivity index (χ4n) is 1.92. The Morgan fingerprint density at radius 1 is 1.35 bits per heavy atom. The van der Waals surface area contributed by atoms with Gasteiger partial charge in [0.1, 0.15) is 0 Å². The molecule has 1 heterocycles. The van der Waals surface area contributed by atoms with Gasteiger partial charge < -0.3 is 9.47 Å². The zero-order chi connectivity index (χ0) is 12.9. The Kier molecular flexibility index (Phi) is 4.46. The lowest BCUT2D eigenvalue weighted by atomic mass is 9.86. The molecule has 0 bridgehead atoms. The third-order valence-electron chi connectivity index (χ3n) is 2.71. The summed E-state index contributed by atoms with van der Waals surface area (Å²) in [6.45, 7) is 4.01. The zero-order valence-corrected chi connectivity index (χ0v) is 9.99. The summed E-state index contributed by atoms with van der Waals surface area (Å²) in [6.07, 6.45) is 0.425. The number of ether oxygens (including phenoxy) is 2. The van der Waals surface area contributed by atoms with Gasteiger partial charge in [0, 0.05) is 0 Å². The molecule has 1 fully saturated rings. The molecule has 94 valence electrons. The van der Waals surface area contributed by atoms with Crippen molar-refractivity contribution in [1.29, 1.82) is 5.26 Å². The van der Waals surface area contributed by atoms with Gasteiger partial charge in [-0.1, -0.05) is 0 Å². The Morgan fingerprint density at radius 3 is 2.29 bits per heavy atom. The summed E-state index contributed by atoms with van der Waals surface area (Å²) in [7, 11) is 0. The molecule has 6 nitrogen and oxygen atoms in total. The molecule has 1 aliphatic heterocycles. The van der Waals surface area contributed by atoms with Crippen molar-refractivity contribution in [3.05, 3.63) is 0 Å². The predicted octanol–water partition coefficient (Wildman–Crippen LogP) is -0.0155. The molecule has 0 spiro atoms. The van der Waals surface area contributed by atoms with E-state index in [0.29, 0.717) is 13.0 Å². The van der Waals surface area contributed by atoms with Gasteiger partial charge in [0.05, 0.1) is 25.2 Å². The highest BCUT2D eigenvalue weighted by Crippen LogP contribution is 2.29. The van der Waals surface area contributed by atoms with Gasteiger partial charge in [-0.05, 0) is 26.8 Å². The minimum absolute atomic E-state index is 0.153. The minimum atomic E-state index is -1.65. The van der Waals surface area contributed by atoms with Crippen molar-refractivity contribution in [3.63, 3.8) is 0 Å². The van der Waals surface area contributed by atoms with E-state index in [-0.39, 0.29) is 13.2 Å². The van der Waals surface area contributed by atoms with E-state index in [9.17, 15) is 9.59 Å². The second kappa shape index (κ2) is 5.64. The molecule has 0 radical (unpaired) electrons. The third-order valence-corrected chi connectivity index (χ3v) is 2.71. The average Bonchev–Trinajstić information content (AvgIpc) is 2.74. The van der Waals surface area contributed by atoms with Gasteiger partial charge in [0.2, 0.25) is 5.54 Å². The van der Waals surface area contributed by atoms with Crippen molar-refractivity contribution in [3.8, 4) is 6.07 Å². The number of carbonyl (C=O) groups excluding carboxylic acids is 2. The van der Waals surface area contributed by atoms with E-state index in [2.05, 4.69) is 5.32 Å². The van der Waals surface area contributed by atoms with Crippen LogP contribution in [0.5, 0.6) is 0 Å². The van der Waals surface area contributed by atoms with Gasteiger partial charge in [-0.25, -0.2) is 9.59 Å². The molecular formula is C11H16N2O4. The van der Waals surface area contributed by atoms with Crippen molar-refractivity contribution < 1.29 is 19.1 Å². The normalized spacial score (nSPS) is 21.6. The quantitative estimate of drug-likeness (QED) is 0.549. The van der Waals surface area contributed by atoms with E-state index in [0.717, 1.165) is 0 Å². The molecule has 0 amide bonds. The molecule has 1 N–H and O–H groups in total. The highest BCUT2D eigenvalue weighted by atomic mass is 16.6. The molecule has 1 unspecified atom stereocenters. The maximum absolute atomic E-state index is 11.9. The van der Waals surface area contributed by atoms with Crippen molar-refractivity contribution >= 4 is 11.9 Å². The molecule has 0 aromatic heterocycles. The Morgan fingerprint density at radius 2 is 1.88 bits per heavy atom. The van der Waals surface area contributed by atoms with E-state index in [1.807, 2.05) is 6.07 Å². The molecule has 1 saturated heterocycles. The molecule has 17 heavy (non-hydrogen) atoms. The van der Waals surface area contributed by atoms with Crippen LogP contribution >= 0.6 is 0 Å². The predicted molar refractivity (Wildman–Crippen MR) is 57.7 cm³/mol. The van der Waals surface area contributed by atoms with Crippen molar-refractivity contribution in [2.24, 2.45) is 5.92 Å². The zero-order valence-electron chi connectivity index (χ0n) is 9.99. The maximum Gasteiger partial charge on any atom is 0.339 e. The highest BCUT2D eigenvalue weighted by molar-refractivity contribution is 6.06. The summed E-state index contributed by atoms with van der Waals surface area (Å²) in [5.74, 6) is -2.22. The second-order valence-corrected chi connectivity index (χ2v) is 3.65. The maximum atomic E-state index is 11.9. The van der Waals surface area contributed by atoms with Crippen molar-refractivity contribution in [2.75, 3.05) is 19.8 Å². The van der Waals surface area contributed by atoms with Crippen LogP contribution in [0.2, 0.25) is 0 Å². The lowest BCUT2D eigenvalue weighted by Crippen LogP contribution is -2.59. The Labute approximate surface area is 99.9 Å². The summed E-state index contributed by atoms with van der Waals surface area (Å²) in [4.78, 5) is 23.8. The summed E-state index contributed by atoms with van der Waals surface area (Å²) in [5, 5.41) is 11.8. The second-order valence-electron chi connectivity index (χ2n) is 3.65. The van der Waals surface area contributed by atoms with Crippen LogP contribution in [0, 0.1) is 17.2 Å². The largest absolute Gasteiger partial charge is 0.464 e. The number of hydrogen-bond donors (Lipinski definition) is 1. The van der Waals surface area contributed by atoms with E-state index in [1.165, 1.54) is 0 Å². The standard InChI is InChI=1S/C11H16N2O4/c1-3-16-9(14)11(10(15)17-4-2)8(7-12)5-6-13-11/h8,13H,3-6H2,1-2H3. The van der Waals surface area contributed by atoms with E-state index in [1.54, 1.807) is 13.8 Å². The number of nitriles is 1. The van der Waals surface area contributed by atoms with Crippen molar-refractivity contribution in [1.82, 2.24) is 5.32 Å². The average molecular weight is 240 g/mol. The summed E-state index contributed by atoms with van der Waals surface area (Å²) in [6, 6.07) is 1.97. The summed E-state index contributed by atoms with van der Waals surface area (Å²) >= 11 is 0. The van der Waals surface area contributed by atoms with Crippen LogP contribution in [0.3, 0.4) is 0 Å². The molecule has 6 heteroatoms. The fourth-order valence-corrected chi connectivity index (χ4v) is 1.92. The molecule has 0 aromatic carbocycles. The van der Waals surface area contributed by atoms with Crippen LogP contribution in [0.4, 0.5) is 0 Å². The summed E-state index contributed by atoms with van der Waals surface area (Å²) in [5.41, 5.74) is -1.65. The number of nitrogens with zero attached hydrogens (tertiary/aromatic N) is 1. The van der Waals surface area contributed by atoms with Gasteiger partial charge in [0.15, 0.2) is 0 Å². The highest BCUT2D eigenvalue weighted by Gasteiger charge is 2.58. The van der Waals surface area contributed by atoms with Crippen LogP contribution < -0.4 is 5.32 Å². The van der Waals surface area contributed by atoms with Crippen LogP contribution in [-0.4, -0.2) is 37.2 Å². The smallest absolute Gasteiger partial charge is 0.339 e. The third kappa shape index (κ3) is 2.24. The lowest BCUT2D eigenvalue weighted by molar-refractivity contribution is -0.166. The van der Waals surface area contributed by atoms with Crippen LogP contribution in [0.15, 0.2) is 0 Å². The first kappa shape index (κ1) is 13.5. The van der Waals surface area contributed by atoms with Gasteiger partial charge in [0.25, 0.3) is 0 Å². The lowest BCUT2D eigenvalue weighted by Gasteiger charge is -2.27.